The van der Waals surface area contributed by atoms with Crippen LogP contribution < -0.4 is 5.32 Å². The van der Waals surface area contributed by atoms with Crippen LogP contribution in [0.25, 0.3) is 0 Å². The Morgan fingerprint density at radius 1 is 1.50 bits per heavy atom. The van der Waals surface area contributed by atoms with E-state index in [9.17, 15) is 14.4 Å². The molecule has 118 valence electrons. The number of pyridine rings is 1. The van der Waals surface area contributed by atoms with Gasteiger partial charge in [-0.2, -0.15) is 0 Å². The normalized spacial score (nSPS) is 18.8. The molecule has 2 rings (SSSR count). The van der Waals surface area contributed by atoms with Crippen molar-refractivity contribution in [2.45, 2.75) is 31.8 Å². The van der Waals surface area contributed by atoms with Crippen LogP contribution in [0, 0.1) is 4.64 Å². The second-order valence-corrected chi connectivity index (χ2v) is 5.60. The van der Waals surface area contributed by atoms with Crippen LogP contribution in [0.15, 0.2) is 18.3 Å². The maximum Gasteiger partial charge on any atom is 0.326 e. The van der Waals surface area contributed by atoms with Crippen molar-refractivity contribution in [1.82, 2.24) is 15.2 Å². The number of aliphatic carboxylic acids is 1. The number of amides is 2. The standard InChI is InChI=1S/C14H17N3O4S/c1-8(13(19)17-6-2-3-10(17)14(20)21)16-12(18)9-4-5-15-11(22)7-9/h4-5,7-8,10H,2-3,6H2,1H3,(H,15,22)(H,16,18)(H,20,21)/t8-,10-/m0/s1. The maximum atomic E-state index is 12.3. The van der Waals surface area contributed by atoms with E-state index < -0.39 is 24.0 Å². The highest BCUT2D eigenvalue weighted by molar-refractivity contribution is 7.71. The molecule has 22 heavy (non-hydrogen) atoms. The van der Waals surface area contributed by atoms with Gasteiger partial charge < -0.3 is 20.3 Å². The number of carbonyl (C=O) groups excluding carboxylic acids is 2. The third kappa shape index (κ3) is 3.51. The molecule has 1 fully saturated rings. The molecule has 1 aromatic rings. The van der Waals surface area contributed by atoms with Crippen LogP contribution >= 0.6 is 12.2 Å². The molecule has 3 N–H and O–H groups in total. The van der Waals surface area contributed by atoms with Crippen LogP contribution in [0.5, 0.6) is 0 Å². The highest BCUT2D eigenvalue weighted by atomic mass is 32.1. The highest BCUT2D eigenvalue weighted by Gasteiger charge is 2.36. The van der Waals surface area contributed by atoms with Gasteiger partial charge in [0, 0.05) is 18.3 Å². The fourth-order valence-corrected chi connectivity index (χ4v) is 2.66. The quantitative estimate of drug-likeness (QED) is 0.716. The van der Waals surface area contributed by atoms with Crippen LogP contribution in [0.3, 0.4) is 0 Å². The Hall–Kier alpha value is -2.22. The zero-order valence-electron chi connectivity index (χ0n) is 12.0. The average molecular weight is 323 g/mol. The molecule has 0 aliphatic carbocycles. The minimum absolute atomic E-state index is 0.347. The summed E-state index contributed by atoms with van der Waals surface area (Å²) in [5.41, 5.74) is 0.347. The average Bonchev–Trinajstić information content (AvgIpc) is 2.95. The van der Waals surface area contributed by atoms with E-state index in [4.69, 9.17) is 17.3 Å². The predicted octanol–water partition coefficient (Wildman–Crippen LogP) is 0.938. The molecule has 0 spiro atoms. The molecule has 2 amide bonds. The van der Waals surface area contributed by atoms with Crippen molar-refractivity contribution in [3.63, 3.8) is 0 Å². The first-order chi connectivity index (χ1) is 10.4. The molecule has 0 radical (unpaired) electrons. The lowest BCUT2D eigenvalue weighted by atomic mass is 10.2. The van der Waals surface area contributed by atoms with E-state index in [-0.39, 0.29) is 5.91 Å². The van der Waals surface area contributed by atoms with Gasteiger partial charge in [0.2, 0.25) is 5.91 Å². The lowest BCUT2D eigenvalue weighted by Gasteiger charge is -2.25. The van der Waals surface area contributed by atoms with Gasteiger partial charge in [0.1, 0.15) is 16.7 Å². The smallest absolute Gasteiger partial charge is 0.326 e. The number of rotatable bonds is 4. The van der Waals surface area contributed by atoms with Gasteiger partial charge in [-0.15, -0.1) is 0 Å². The second-order valence-electron chi connectivity index (χ2n) is 5.16. The summed E-state index contributed by atoms with van der Waals surface area (Å²) < 4.78 is 0.414. The number of likely N-dealkylation sites (tertiary alicyclic amines) is 1. The first kappa shape index (κ1) is 16.2. The monoisotopic (exact) mass is 323 g/mol. The van der Waals surface area contributed by atoms with E-state index in [2.05, 4.69) is 10.3 Å². The van der Waals surface area contributed by atoms with Gasteiger partial charge >= 0.3 is 5.97 Å². The SMILES string of the molecule is C[C@H](NC(=O)c1cc[nH]c(=S)c1)C(=O)N1CCC[C@H]1C(=O)O. The maximum absolute atomic E-state index is 12.3. The van der Waals surface area contributed by atoms with Gasteiger partial charge in [-0.25, -0.2) is 4.79 Å². The van der Waals surface area contributed by atoms with Crippen molar-refractivity contribution < 1.29 is 19.5 Å². The Balaban J connectivity index is 2.04. The third-order valence-corrected chi connectivity index (χ3v) is 3.81. The summed E-state index contributed by atoms with van der Waals surface area (Å²) in [6.07, 6.45) is 2.64. The number of carboxylic acid groups (broad SMARTS) is 1. The number of carbonyl (C=O) groups is 3. The van der Waals surface area contributed by atoms with Crippen molar-refractivity contribution >= 4 is 30.0 Å². The zero-order valence-corrected chi connectivity index (χ0v) is 12.9. The van der Waals surface area contributed by atoms with Crippen LogP contribution in [0.4, 0.5) is 0 Å². The Kier molecular flexibility index (Phi) is 4.92. The van der Waals surface area contributed by atoms with Gasteiger partial charge in [0.15, 0.2) is 0 Å². The molecular weight excluding hydrogens is 306 g/mol. The topological polar surface area (TPSA) is 103 Å². The fraction of sp³-hybridized carbons (Fsp3) is 0.429. The van der Waals surface area contributed by atoms with Crippen molar-refractivity contribution in [1.29, 1.82) is 0 Å². The summed E-state index contributed by atoms with van der Waals surface area (Å²) in [4.78, 5) is 39.6. The zero-order chi connectivity index (χ0) is 16.3. The summed E-state index contributed by atoms with van der Waals surface area (Å²) >= 11 is 4.94. The predicted molar refractivity (Wildman–Crippen MR) is 80.9 cm³/mol. The van der Waals surface area contributed by atoms with Crippen molar-refractivity contribution in [2.24, 2.45) is 0 Å². The Morgan fingerprint density at radius 3 is 2.86 bits per heavy atom. The van der Waals surface area contributed by atoms with Gasteiger partial charge in [-0.3, -0.25) is 9.59 Å². The first-order valence-corrected chi connectivity index (χ1v) is 7.34. The van der Waals surface area contributed by atoms with Crippen LogP contribution in [0.1, 0.15) is 30.1 Å². The molecule has 8 heteroatoms. The van der Waals surface area contributed by atoms with Gasteiger partial charge in [0.25, 0.3) is 5.91 Å². The molecule has 0 saturated carbocycles. The molecule has 1 aromatic heterocycles. The lowest BCUT2D eigenvalue weighted by molar-refractivity contribution is -0.148. The number of carboxylic acids is 1. The number of hydrogen-bond donors (Lipinski definition) is 3. The first-order valence-electron chi connectivity index (χ1n) is 6.93. The molecule has 2 heterocycles. The number of aromatic amines is 1. The number of nitrogens with one attached hydrogen (secondary N) is 2. The van der Waals surface area contributed by atoms with E-state index in [1.54, 1.807) is 19.2 Å². The molecule has 0 aromatic carbocycles. The minimum Gasteiger partial charge on any atom is -0.480 e. The molecule has 1 aliphatic rings. The second kappa shape index (κ2) is 6.69. The number of aromatic nitrogens is 1. The summed E-state index contributed by atoms with van der Waals surface area (Å²) in [5, 5.41) is 11.7. The lowest BCUT2D eigenvalue weighted by Crippen LogP contribution is -2.50. The summed E-state index contributed by atoms with van der Waals surface area (Å²) in [6.45, 7) is 1.94. The third-order valence-electron chi connectivity index (χ3n) is 3.58. The summed E-state index contributed by atoms with van der Waals surface area (Å²) in [5.74, 6) is -1.83. The molecule has 1 aliphatic heterocycles. The molecule has 0 unspecified atom stereocenters. The van der Waals surface area contributed by atoms with Crippen molar-refractivity contribution in [3.8, 4) is 0 Å². The minimum atomic E-state index is -1.02. The van der Waals surface area contributed by atoms with E-state index >= 15 is 0 Å². The molecule has 1 saturated heterocycles. The van der Waals surface area contributed by atoms with E-state index in [0.29, 0.717) is 29.6 Å². The van der Waals surface area contributed by atoms with Crippen LogP contribution in [0.2, 0.25) is 0 Å². The molecule has 7 nitrogen and oxygen atoms in total. The Bertz CT molecular complexity index is 657. The molecular formula is C14H17N3O4S. The van der Waals surface area contributed by atoms with E-state index in [1.165, 1.54) is 11.0 Å². The van der Waals surface area contributed by atoms with Crippen molar-refractivity contribution in [2.75, 3.05) is 6.54 Å². The van der Waals surface area contributed by atoms with Gasteiger partial charge in [0.05, 0.1) is 0 Å². The van der Waals surface area contributed by atoms with E-state index in [1.807, 2.05) is 0 Å². The number of H-pyrrole nitrogens is 1. The van der Waals surface area contributed by atoms with E-state index in [0.717, 1.165) is 0 Å². The Labute approximate surface area is 132 Å². The molecule has 0 bridgehead atoms. The highest BCUT2D eigenvalue weighted by Crippen LogP contribution is 2.18. The van der Waals surface area contributed by atoms with Crippen LogP contribution in [-0.2, 0) is 9.59 Å². The Morgan fingerprint density at radius 2 is 2.23 bits per heavy atom. The van der Waals surface area contributed by atoms with Gasteiger partial charge in [-0.1, -0.05) is 12.2 Å². The van der Waals surface area contributed by atoms with Crippen LogP contribution in [-0.4, -0.2) is 51.4 Å². The molecule has 2 atom stereocenters. The number of nitrogens with zero attached hydrogens (tertiary/aromatic N) is 1. The summed E-state index contributed by atoms with van der Waals surface area (Å²) in [6, 6.07) is 1.44. The van der Waals surface area contributed by atoms with Crippen molar-refractivity contribution in [3.05, 3.63) is 28.5 Å². The largest absolute Gasteiger partial charge is 0.480 e. The number of hydrogen-bond acceptors (Lipinski definition) is 4. The fourth-order valence-electron chi connectivity index (χ4n) is 2.46. The van der Waals surface area contributed by atoms with Gasteiger partial charge in [-0.05, 0) is 31.9 Å². The summed E-state index contributed by atoms with van der Waals surface area (Å²) in [7, 11) is 0.